The fourth-order valence-corrected chi connectivity index (χ4v) is 1.96. The Morgan fingerprint density at radius 1 is 1.37 bits per heavy atom. The van der Waals surface area contributed by atoms with Gasteiger partial charge in [0.15, 0.2) is 0 Å². The van der Waals surface area contributed by atoms with Gasteiger partial charge in [-0.2, -0.15) is 5.10 Å². The number of hydrogen-bond acceptors (Lipinski definition) is 3. The highest BCUT2D eigenvalue weighted by molar-refractivity contribution is 9.10. The summed E-state index contributed by atoms with van der Waals surface area (Å²) < 4.78 is 2.12. The summed E-state index contributed by atoms with van der Waals surface area (Å²) in [6.45, 7) is 2.22. The maximum Gasteiger partial charge on any atom is 0.276 e. The number of carbonyl (C=O) groups is 1. The first kappa shape index (κ1) is 13.5. The maximum atomic E-state index is 12.0. The molecule has 2 aromatic rings. The predicted octanol–water partition coefficient (Wildman–Crippen LogP) is 2.28. The molecule has 0 spiro atoms. The predicted molar refractivity (Wildman–Crippen MR) is 76.3 cm³/mol. The molecule has 2 rings (SSSR count). The molecule has 0 bridgehead atoms. The van der Waals surface area contributed by atoms with Crippen LogP contribution in [0.5, 0.6) is 0 Å². The van der Waals surface area contributed by atoms with E-state index in [0.717, 1.165) is 4.47 Å². The van der Waals surface area contributed by atoms with Gasteiger partial charge in [-0.25, -0.2) is 4.68 Å². The van der Waals surface area contributed by atoms with Crippen molar-refractivity contribution in [2.75, 3.05) is 5.32 Å². The summed E-state index contributed by atoms with van der Waals surface area (Å²) >= 11 is 3.33. The second-order valence-electron chi connectivity index (χ2n) is 3.84. The molecular weight excluding hydrogens is 310 g/mol. The van der Waals surface area contributed by atoms with E-state index in [2.05, 4.69) is 26.3 Å². The van der Waals surface area contributed by atoms with Gasteiger partial charge in [-0.3, -0.25) is 9.59 Å². The fraction of sp³-hybridized carbons (Fsp3) is 0.154. The highest BCUT2D eigenvalue weighted by Gasteiger charge is 2.09. The number of anilines is 1. The number of carbonyl (C=O) groups excluding carboxylic acids is 1. The number of nitrogens with zero attached hydrogens (tertiary/aromatic N) is 2. The number of halogens is 1. The van der Waals surface area contributed by atoms with E-state index in [9.17, 15) is 9.59 Å². The van der Waals surface area contributed by atoms with Crippen LogP contribution in [0.2, 0.25) is 0 Å². The van der Waals surface area contributed by atoms with Crippen LogP contribution in [0.25, 0.3) is 0 Å². The van der Waals surface area contributed by atoms with E-state index in [1.165, 1.54) is 16.8 Å². The smallest absolute Gasteiger partial charge is 0.276 e. The van der Waals surface area contributed by atoms with Crippen molar-refractivity contribution in [3.63, 3.8) is 0 Å². The molecular formula is C13H12BrN3O2. The minimum Gasteiger partial charge on any atom is -0.321 e. The van der Waals surface area contributed by atoms with Crippen LogP contribution < -0.4 is 10.9 Å². The van der Waals surface area contributed by atoms with Gasteiger partial charge in [-0.05, 0) is 31.2 Å². The molecule has 98 valence electrons. The lowest BCUT2D eigenvalue weighted by Gasteiger charge is -2.06. The van der Waals surface area contributed by atoms with E-state index in [1.54, 1.807) is 19.1 Å². The lowest BCUT2D eigenvalue weighted by molar-refractivity contribution is 0.102. The van der Waals surface area contributed by atoms with Crippen LogP contribution in [0.15, 0.2) is 45.7 Å². The molecule has 0 aliphatic carbocycles. The quantitative estimate of drug-likeness (QED) is 0.943. The Hall–Kier alpha value is -1.95. The van der Waals surface area contributed by atoms with Gasteiger partial charge in [0.1, 0.15) is 5.69 Å². The van der Waals surface area contributed by atoms with Gasteiger partial charge in [0.05, 0.1) is 0 Å². The van der Waals surface area contributed by atoms with Gasteiger partial charge in [0.2, 0.25) is 0 Å². The first-order chi connectivity index (χ1) is 9.10. The highest BCUT2D eigenvalue weighted by Crippen LogP contribution is 2.16. The molecule has 0 aliphatic heterocycles. The van der Waals surface area contributed by atoms with Crippen LogP contribution in [0, 0.1) is 0 Å². The van der Waals surface area contributed by atoms with Crippen LogP contribution in [0.1, 0.15) is 17.4 Å². The first-order valence-electron chi connectivity index (χ1n) is 5.75. The zero-order valence-electron chi connectivity index (χ0n) is 10.3. The number of amides is 1. The Bertz CT molecular complexity index is 667. The molecule has 0 unspecified atom stereocenters. The van der Waals surface area contributed by atoms with E-state index >= 15 is 0 Å². The Balaban J connectivity index is 2.23. The van der Waals surface area contributed by atoms with Crippen molar-refractivity contribution in [1.82, 2.24) is 9.78 Å². The van der Waals surface area contributed by atoms with Gasteiger partial charge >= 0.3 is 0 Å². The molecule has 19 heavy (non-hydrogen) atoms. The number of hydrogen-bond donors (Lipinski definition) is 1. The fourth-order valence-electron chi connectivity index (χ4n) is 1.56. The third kappa shape index (κ3) is 3.29. The lowest BCUT2D eigenvalue weighted by atomic mass is 10.3. The zero-order chi connectivity index (χ0) is 13.8. The van der Waals surface area contributed by atoms with Crippen LogP contribution in [0.3, 0.4) is 0 Å². The summed E-state index contributed by atoms with van der Waals surface area (Å²) in [7, 11) is 0. The van der Waals surface area contributed by atoms with Crippen LogP contribution in [-0.2, 0) is 6.54 Å². The summed E-state index contributed by atoms with van der Waals surface area (Å²) in [5.74, 6) is -0.347. The van der Waals surface area contributed by atoms with Gasteiger partial charge in [0.25, 0.3) is 11.5 Å². The van der Waals surface area contributed by atoms with E-state index in [1.807, 2.05) is 12.1 Å². The Morgan fingerprint density at radius 2 is 2.16 bits per heavy atom. The topological polar surface area (TPSA) is 64.0 Å². The van der Waals surface area contributed by atoms with Crippen molar-refractivity contribution >= 4 is 27.5 Å². The molecule has 1 aromatic heterocycles. The highest BCUT2D eigenvalue weighted by atomic mass is 79.9. The van der Waals surface area contributed by atoms with Crippen LogP contribution in [0.4, 0.5) is 5.69 Å². The van der Waals surface area contributed by atoms with E-state index < -0.39 is 0 Å². The van der Waals surface area contributed by atoms with Crippen molar-refractivity contribution in [3.05, 3.63) is 56.9 Å². The average molecular weight is 322 g/mol. The molecule has 1 heterocycles. The number of nitrogens with one attached hydrogen (secondary N) is 1. The van der Waals surface area contributed by atoms with Crippen molar-refractivity contribution < 1.29 is 4.79 Å². The molecule has 1 N–H and O–H groups in total. The standard InChI is InChI=1S/C13H12BrN3O2/c1-2-17-12(18)7-6-11(16-17)13(19)15-10-5-3-4-9(14)8-10/h3-8H,2H2,1H3,(H,15,19). The van der Waals surface area contributed by atoms with Crippen molar-refractivity contribution in [1.29, 1.82) is 0 Å². The largest absolute Gasteiger partial charge is 0.321 e. The zero-order valence-corrected chi connectivity index (χ0v) is 11.8. The Morgan fingerprint density at radius 3 is 2.84 bits per heavy atom. The molecule has 0 saturated heterocycles. The minimum atomic E-state index is -0.347. The van der Waals surface area contributed by atoms with E-state index in [4.69, 9.17) is 0 Å². The second kappa shape index (κ2) is 5.79. The number of benzene rings is 1. The van der Waals surface area contributed by atoms with Crippen molar-refractivity contribution in [3.8, 4) is 0 Å². The lowest BCUT2D eigenvalue weighted by Crippen LogP contribution is -2.25. The van der Waals surface area contributed by atoms with Gasteiger partial charge in [-0.15, -0.1) is 0 Å². The molecule has 5 nitrogen and oxygen atoms in total. The normalized spacial score (nSPS) is 10.2. The molecule has 0 radical (unpaired) electrons. The first-order valence-corrected chi connectivity index (χ1v) is 6.54. The van der Waals surface area contributed by atoms with E-state index in [0.29, 0.717) is 12.2 Å². The Kier molecular flexibility index (Phi) is 4.11. The molecule has 0 saturated carbocycles. The van der Waals surface area contributed by atoms with E-state index in [-0.39, 0.29) is 17.2 Å². The van der Waals surface area contributed by atoms with Crippen molar-refractivity contribution in [2.24, 2.45) is 0 Å². The average Bonchev–Trinajstić information content (AvgIpc) is 2.39. The minimum absolute atomic E-state index is 0.210. The molecule has 0 atom stereocenters. The monoisotopic (exact) mass is 321 g/mol. The molecule has 6 heteroatoms. The number of aryl methyl sites for hydroxylation is 1. The SMILES string of the molecule is CCn1nc(C(=O)Nc2cccc(Br)c2)ccc1=O. The Labute approximate surface area is 118 Å². The number of aromatic nitrogens is 2. The number of rotatable bonds is 3. The van der Waals surface area contributed by atoms with Crippen LogP contribution >= 0.6 is 15.9 Å². The second-order valence-corrected chi connectivity index (χ2v) is 4.75. The van der Waals surface area contributed by atoms with Gasteiger partial charge in [0, 0.05) is 22.8 Å². The molecule has 1 aromatic carbocycles. The van der Waals surface area contributed by atoms with Gasteiger partial charge in [-0.1, -0.05) is 22.0 Å². The summed E-state index contributed by atoms with van der Waals surface area (Å²) in [4.78, 5) is 23.4. The molecule has 0 aliphatic rings. The maximum absolute atomic E-state index is 12.0. The third-order valence-electron chi connectivity index (χ3n) is 2.48. The van der Waals surface area contributed by atoms with Gasteiger partial charge < -0.3 is 5.32 Å². The third-order valence-corrected chi connectivity index (χ3v) is 2.97. The summed E-state index contributed by atoms with van der Waals surface area (Å²) in [6.07, 6.45) is 0. The van der Waals surface area contributed by atoms with Crippen LogP contribution in [-0.4, -0.2) is 15.7 Å². The summed E-state index contributed by atoms with van der Waals surface area (Å²) in [5.41, 5.74) is 0.651. The summed E-state index contributed by atoms with van der Waals surface area (Å²) in [6, 6.07) is 10.0. The molecule has 1 amide bonds. The molecule has 0 fully saturated rings. The van der Waals surface area contributed by atoms with Crippen molar-refractivity contribution in [2.45, 2.75) is 13.5 Å². The summed E-state index contributed by atoms with van der Waals surface area (Å²) in [5, 5.41) is 6.71.